The van der Waals surface area contributed by atoms with Crippen molar-refractivity contribution in [3.63, 3.8) is 0 Å². The number of nitrogens with two attached hydrogens (primary N) is 1. The molecule has 0 bridgehead atoms. The van der Waals surface area contributed by atoms with Gasteiger partial charge in [0, 0.05) is 29.8 Å². The minimum Gasteiger partial charge on any atom is -0.350 e. The number of hydrogen-bond donors (Lipinski definition) is 2. The van der Waals surface area contributed by atoms with E-state index in [-0.39, 0.29) is 42.2 Å². The number of carbonyl (C=O) groups excluding carboxylic acids is 1. The molecule has 1 atom stereocenters. The van der Waals surface area contributed by atoms with E-state index in [0.29, 0.717) is 11.5 Å². The minimum atomic E-state index is -0.492. The molecular weight excluding hydrogens is 354 g/mol. The Kier molecular flexibility index (Phi) is 7.74. The molecule has 26 heavy (non-hydrogen) atoms. The van der Waals surface area contributed by atoms with Crippen molar-refractivity contribution in [3.05, 3.63) is 74.8 Å². The van der Waals surface area contributed by atoms with Crippen LogP contribution in [-0.4, -0.2) is 17.4 Å². The van der Waals surface area contributed by atoms with Gasteiger partial charge in [0.05, 0.1) is 4.92 Å². The molecule has 0 aliphatic carbocycles. The van der Waals surface area contributed by atoms with Gasteiger partial charge in [-0.2, -0.15) is 0 Å². The summed E-state index contributed by atoms with van der Waals surface area (Å²) in [7, 11) is 0. The lowest BCUT2D eigenvalue weighted by molar-refractivity contribution is -0.385. The lowest BCUT2D eigenvalue weighted by atomic mass is 9.99. The fourth-order valence-electron chi connectivity index (χ4n) is 2.61. The highest BCUT2D eigenvalue weighted by molar-refractivity contribution is 5.96. The Morgan fingerprint density at radius 3 is 2.27 bits per heavy atom. The van der Waals surface area contributed by atoms with Crippen LogP contribution in [0.1, 0.15) is 52.9 Å². The molecule has 0 aliphatic rings. The van der Waals surface area contributed by atoms with Gasteiger partial charge in [-0.15, -0.1) is 12.4 Å². The highest BCUT2D eigenvalue weighted by atomic mass is 35.5. The largest absolute Gasteiger partial charge is 0.350 e. The van der Waals surface area contributed by atoms with Gasteiger partial charge in [0.15, 0.2) is 0 Å². The molecular formula is C19H24ClN3O3. The first kappa shape index (κ1) is 21.6. The molecule has 0 saturated heterocycles. The zero-order chi connectivity index (χ0) is 18.6. The van der Waals surface area contributed by atoms with Crippen LogP contribution in [0.25, 0.3) is 0 Å². The van der Waals surface area contributed by atoms with Gasteiger partial charge < -0.3 is 11.1 Å². The summed E-state index contributed by atoms with van der Waals surface area (Å²) < 4.78 is 0. The molecule has 0 spiro atoms. The van der Waals surface area contributed by atoms with Crippen LogP contribution in [-0.2, 0) is 0 Å². The first-order valence-corrected chi connectivity index (χ1v) is 8.19. The highest BCUT2D eigenvalue weighted by Crippen LogP contribution is 2.21. The zero-order valence-electron chi connectivity index (χ0n) is 15.1. The van der Waals surface area contributed by atoms with Crippen LogP contribution in [0.3, 0.4) is 0 Å². The topological polar surface area (TPSA) is 98.3 Å². The molecule has 0 radical (unpaired) electrons. The van der Waals surface area contributed by atoms with E-state index < -0.39 is 4.92 Å². The quantitative estimate of drug-likeness (QED) is 0.589. The Morgan fingerprint density at radius 2 is 1.73 bits per heavy atom. The fourth-order valence-corrected chi connectivity index (χ4v) is 2.61. The van der Waals surface area contributed by atoms with Gasteiger partial charge in [-0.3, -0.25) is 14.9 Å². The fraction of sp³-hybridized carbons (Fsp3) is 0.316. The van der Waals surface area contributed by atoms with Crippen molar-refractivity contribution in [2.24, 2.45) is 5.73 Å². The smallest absolute Gasteiger partial charge is 0.273 e. The average molecular weight is 378 g/mol. The molecule has 2 aromatic carbocycles. The molecule has 0 saturated carbocycles. The predicted octanol–water partition coefficient (Wildman–Crippen LogP) is 3.88. The van der Waals surface area contributed by atoms with E-state index in [0.717, 1.165) is 5.56 Å². The number of halogens is 1. The molecule has 0 heterocycles. The van der Waals surface area contributed by atoms with Gasteiger partial charge in [-0.05, 0) is 30.0 Å². The summed E-state index contributed by atoms with van der Waals surface area (Å²) in [5.41, 5.74) is 8.87. The molecule has 1 amide bonds. The summed E-state index contributed by atoms with van der Waals surface area (Å²) in [4.78, 5) is 22.8. The van der Waals surface area contributed by atoms with E-state index >= 15 is 0 Å². The van der Waals surface area contributed by atoms with E-state index in [1.54, 1.807) is 13.0 Å². The third-order valence-corrected chi connectivity index (χ3v) is 4.26. The van der Waals surface area contributed by atoms with Crippen LogP contribution in [0, 0.1) is 17.0 Å². The molecule has 7 heteroatoms. The van der Waals surface area contributed by atoms with Gasteiger partial charge in [0.25, 0.3) is 11.6 Å². The molecule has 2 aromatic rings. The van der Waals surface area contributed by atoms with Crippen LogP contribution < -0.4 is 11.1 Å². The molecule has 0 aliphatic heterocycles. The maximum atomic E-state index is 12.3. The predicted molar refractivity (Wildman–Crippen MR) is 105 cm³/mol. The van der Waals surface area contributed by atoms with Gasteiger partial charge >= 0.3 is 0 Å². The number of nitrogens with zero attached hydrogens (tertiary/aromatic N) is 1. The Balaban J connectivity index is 0.00000338. The molecule has 140 valence electrons. The number of nitro groups is 1. The van der Waals surface area contributed by atoms with Crippen molar-refractivity contribution in [1.29, 1.82) is 0 Å². The first-order chi connectivity index (χ1) is 11.8. The number of carbonyl (C=O) groups is 1. The van der Waals surface area contributed by atoms with Crippen molar-refractivity contribution >= 4 is 24.0 Å². The number of amides is 1. The lowest BCUT2D eigenvalue weighted by Gasteiger charge is -2.15. The van der Waals surface area contributed by atoms with Crippen molar-refractivity contribution in [2.45, 2.75) is 32.7 Å². The van der Waals surface area contributed by atoms with Crippen molar-refractivity contribution in [2.75, 3.05) is 6.54 Å². The average Bonchev–Trinajstić information content (AvgIpc) is 2.59. The van der Waals surface area contributed by atoms with E-state index in [1.165, 1.54) is 17.7 Å². The van der Waals surface area contributed by atoms with E-state index in [9.17, 15) is 14.9 Å². The summed E-state index contributed by atoms with van der Waals surface area (Å²) in [5, 5.41) is 13.7. The second-order valence-corrected chi connectivity index (χ2v) is 6.34. The van der Waals surface area contributed by atoms with Crippen molar-refractivity contribution < 1.29 is 9.72 Å². The van der Waals surface area contributed by atoms with Crippen LogP contribution in [0.5, 0.6) is 0 Å². The van der Waals surface area contributed by atoms with Gasteiger partial charge in [-0.25, -0.2) is 0 Å². The lowest BCUT2D eigenvalue weighted by Crippen LogP contribution is -2.32. The number of hydrogen-bond acceptors (Lipinski definition) is 4. The second kappa shape index (κ2) is 9.31. The Hall–Kier alpha value is -2.44. The van der Waals surface area contributed by atoms with Gasteiger partial charge in [0.2, 0.25) is 0 Å². The Labute approximate surface area is 159 Å². The zero-order valence-corrected chi connectivity index (χ0v) is 15.9. The minimum absolute atomic E-state index is 0. The monoisotopic (exact) mass is 377 g/mol. The summed E-state index contributed by atoms with van der Waals surface area (Å²) in [6.07, 6.45) is 0. The Morgan fingerprint density at radius 1 is 1.15 bits per heavy atom. The highest BCUT2D eigenvalue weighted by Gasteiger charge is 2.18. The summed E-state index contributed by atoms with van der Waals surface area (Å²) in [6, 6.07) is 12.1. The molecule has 0 aromatic heterocycles. The van der Waals surface area contributed by atoms with Crippen molar-refractivity contribution in [3.8, 4) is 0 Å². The van der Waals surface area contributed by atoms with Crippen LogP contribution in [0.4, 0.5) is 5.69 Å². The standard InChI is InChI=1S/C19H23N3O3.ClH/c1-12(2)14-7-9-15(10-8-14)17(20)11-21-19(23)16-5-4-6-18(13(16)3)22(24)25;/h4-10,12,17H,11,20H2,1-3H3,(H,21,23);1H. The van der Waals surface area contributed by atoms with E-state index in [2.05, 4.69) is 19.2 Å². The summed E-state index contributed by atoms with van der Waals surface area (Å²) in [6.45, 7) is 6.06. The maximum absolute atomic E-state index is 12.3. The first-order valence-electron chi connectivity index (χ1n) is 8.19. The number of rotatable bonds is 6. The molecule has 2 rings (SSSR count). The van der Waals surface area contributed by atoms with Gasteiger partial charge in [0.1, 0.15) is 0 Å². The molecule has 0 fully saturated rings. The summed E-state index contributed by atoms with van der Waals surface area (Å²) in [5.74, 6) is 0.0808. The normalized spacial score (nSPS) is 11.6. The SMILES string of the molecule is Cc1c(C(=O)NCC(N)c2ccc(C(C)C)cc2)cccc1[N+](=O)[O-].Cl. The number of nitro benzene ring substituents is 1. The van der Waals surface area contributed by atoms with Crippen molar-refractivity contribution in [1.82, 2.24) is 5.32 Å². The van der Waals surface area contributed by atoms with E-state index in [4.69, 9.17) is 5.73 Å². The third-order valence-electron chi connectivity index (χ3n) is 4.26. The Bertz CT molecular complexity index is 776. The molecule has 6 nitrogen and oxygen atoms in total. The maximum Gasteiger partial charge on any atom is 0.273 e. The molecule has 3 N–H and O–H groups in total. The van der Waals surface area contributed by atoms with Crippen LogP contribution in [0.15, 0.2) is 42.5 Å². The van der Waals surface area contributed by atoms with E-state index in [1.807, 2.05) is 24.3 Å². The molecule has 1 unspecified atom stereocenters. The second-order valence-electron chi connectivity index (χ2n) is 6.34. The number of benzene rings is 2. The summed E-state index contributed by atoms with van der Waals surface area (Å²) >= 11 is 0. The van der Waals surface area contributed by atoms with Crippen LogP contribution in [0.2, 0.25) is 0 Å². The van der Waals surface area contributed by atoms with Gasteiger partial charge in [-0.1, -0.05) is 44.2 Å². The number of nitrogens with one attached hydrogen (secondary N) is 1. The van der Waals surface area contributed by atoms with Crippen LogP contribution >= 0.6 is 12.4 Å². The third kappa shape index (κ3) is 5.03.